The van der Waals surface area contributed by atoms with Gasteiger partial charge in [0.25, 0.3) is 0 Å². The van der Waals surface area contributed by atoms with Crippen LogP contribution in [-0.4, -0.2) is 4.92 Å². The zero-order valence-electron chi connectivity index (χ0n) is 5.15. The van der Waals surface area contributed by atoms with Crippen LogP contribution in [0.2, 0.25) is 0 Å². The lowest BCUT2D eigenvalue weighted by molar-refractivity contribution is -0.419. The van der Waals surface area contributed by atoms with E-state index in [0.29, 0.717) is 0 Å². The molecular weight excluding hydrogens is 316 g/mol. The number of hydrogen-bond donors (Lipinski definition) is 0. The second kappa shape index (κ2) is 5.29. The molecule has 0 spiro atoms. The van der Waals surface area contributed by atoms with Crippen LogP contribution in [0.3, 0.4) is 0 Å². The predicted octanol–water partition coefficient (Wildman–Crippen LogP) is 3.95. The third kappa shape index (κ3) is 3.49. The van der Waals surface area contributed by atoms with Crippen molar-refractivity contribution in [3.8, 4) is 0 Å². The van der Waals surface area contributed by atoms with Gasteiger partial charge in [-0.1, -0.05) is 46.4 Å². The summed E-state index contributed by atoms with van der Waals surface area (Å²) in [5, 5.41) is 9.92. The lowest BCUT2D eigenvalue weighted by atomic mass is 10.5. The van der Waals surface area contributed by atoms with Gasteiger partial charge in [0.1, 0.15) is 8.97 Å². The fraction of sp³-hybridized carbons (Fsp3) is 0. The summed E-state index contributed by atoms with van der Waals surface area (Å²) in [7, 11) is 0. The highest BCUT2D eigenvalue weighted by Gasteiger charge is 2.22. The Hall–Kier alpha value is 0.520. The Labute approximate surface area is 96.2 Å². The van der Waals surface area contributed by atoms with Crippen LogP contribution < -0.4 is 0 Å². The van der Waals surface area contributed by atoms with Gasteiger partial charge in [-0.2, -0.15) is 0 Å². The monoisotopic (exact) mass is 313 g/mol. The number of nitrogens with zero attached hydrogens (tertiary/aromatic N) is 1. The predicted molar refractivity (Wildman–Crippen MR) is 53.4 cm³/mol. The average molecular weight is 316 g/mol. The fourth-order valence-corrected chi connectivity index (χ4v) is 1.19. The van der Waals surface area contributed by atoms with E-state index in [-0.39, 0.29) is 8.97 Å². The van der Waals surface area contributed by atoms with E-state index in [4.69, 9.17) is 46.4 Å². The van der Waals surface area contributed by atoms with Gasteiger partial charge in [0.2, 0.25) is 0 Å². The average Bonchev–Trinajstić information content (AvgIpc) is 1.85. The summed E-state index contributed by atoms with van der Waals surface area (Å²) in [5.41, 5.74) is -0.637. The quantitative estimate of drug-likeness (QED) is 0.440. The summed E-state index contributed by atoms with van der Waals surface area (Å²) in [6.45, 7) is 0. The number of nitro groups is 1. The van der Waals surface area contributed by atoms with Crippen LogP contribution in [0.25, 0.3) is 0 Å². The first-order chi connectivity index (χ1) is 5.37. The molecule has 0 aliphatic heterocycles. The maximum absolute atomic E-state index is 10.3. The molecular formula is C4BrCl4NO2. The molecule has 8 heteroatoms. The largest absolute Gasteiger partial charge is 0.319 e. The van der Waals surface area contributed by atoms with Gasteiger partial charge < -0.3 is 0 Å². The summed E-state index contributed by atoms with van der Waals surface area (Å²) in [4.78, 5) is 9.44. The van der Waals surface area contributed by atoms with Gasteiger partial charge in [0, 0.05) is 0 Å². The van der Waals surface area contributed by atoms with E-state index in [1.807, 2.05) is 0 Å². The Balaban J connectivity index is 5.21. The van der Waals surface area contributed by atoms with Gasteiger partial charge in [-0.25, -0.2) is 0 Å². The van der Waals surface area contributed by atoms with Crippen LogP contribution in [0, 0.1) is 10.1 Å². The van der Waals surface area contributed by atoms with E-state index in [2.05, 4.69) is 15.9 Å². The van der Waals surface area contributed by atoms with E-state index in [0.717, 1.165) is 0 Å². The molecule has 68 valence electrons. The summed E-state index contributed by atoms with van der Waals surface area (Å²) < 4.78 is -0.683. The van der Waals surface area contributed by atoms with Crippen LogP contribution in [0.5, 0.6) is 0 Å². The molecule has 0 aromatic rings. The summed E-state index contributed by atoms with van der Waals surface area (Å²) in [6.07, 6.45) is 0. The summed E-state index contributed by atoms with van der Waals surface area (Å²) in [6, 6.07) is 0. The van der Waals surface area contributed by atoms with E-state index in [1.54, 1.807) is 0 Å². The second-order valence-corrected chi connectivity index (χ2v) is 4.40. The molecule has 0 rings (SSSR count). The Bertz CT molecular complexity index is 266. The van der Waals surface area contributed by atoms with Crippen LogP contribution in [0.1, 0.15) is 0 Å². The van der Waals surface area contributed by atoms with E-state index in [1.165, 1.54) is 0 Å². The molecule has 0 aromatic carbocycles. The molecule has 12 heavy (non-hydrogen) atoms. The number of allylic oxidation sites excluding steroid dienone is 1. The first kappa shape index (κ1) is 12.5. The van der Waals surface area contributed by atoms with Gasteiger partial charge >= 0.3 is 5.70 Å². The molecule has 3 nitrogen and oxygen atoms in total. The van der Waals surface area contributed by atoms with E-state index in [9.17, 15) is 10.1 Å². The Morgan fingerprint density at radius 2 is 1.67 bits per heavy atom. The van der Waals surface area contributed by atoms with E-state index < -0.39 is 15.1 Å². The minimum absolute atomic E-state index is 0.130. The summed E-state index contributed by atoms with van der Waals surface area (Å²) >= 11 is 23.8. The molecule has 0 saturated carbocycles. The zero-order chi connectivity index (χ0) is 9.89. The second-order valence-electron chi connectivity index (χ2n) is 1.44. The van der Waals surface area contributed by atoms with Crippen molar-refractivity contribution in [1.29, 1.82) is 0 Å². The maximum atomic E-state index is 10.3. The van der Waals surface area contributed by atoms with Crippen molar-refractivity contribution in [2.24, 2.45) is 0 Å². The topological polar surface area (TPSA) is 43.1 Å². The molecule has 0 amide bonds. The minimum Gasteiger partial charge on any atom is -0.258 e. The van der Waals surface area contributed by atoms with Crippen LogP contribution in [0.4, 0.5) is 0 Å². The van der Waals surface area contributed by atoms with Crippen molar-refractivity contribution in [3.63, 3.8) is 0 Å². The van der Waals surface area contributed by atoms with Crippen LogP contribution in [0.15, 0.2) is 19.2 Å². The third-order valence-corrected chi connectivity index (χ3v) is 2.37. The molecule has 0 unspecified atom stereocenters. The van der Waals surface area contributed by atoms with Gasteiger partial charge in [-0.15, -0.1) is 0 Å². The first-order valence-corrected chi connectivity index (χ1v) is 4.59. The standard InChI is InChI=1S/C4BrCl4NO2/c5-3(7)1(6)2(4(8)9)10(11)12/b3-1-. The third-order valence-electron chi connectivity index (χ3n) is 0.735. The highest BCUT2D eigenvalue weighted by molar-refractivity contribution is 9.12. The molecule has 0 aliphatic rings. The lowest BCUT2D eigenvalue weighted by Gasteiger charge is -1.95. The molecule has 0 aliphatic carbocycles. The highest BCUT2D eigenvalue weighted by atomic mass is 79.9. The maximum Gasteiger partial charge on any atom is 0.319 e. The normalized spacial score (nSPS) is 12.1. The number of rotatable bonds is 2. The molecule has 0 atom stereocenters. The van der Waals surface area contributed by atoms with Crippen molar-refractivity contribution in [2.45, 2.75) is 0 Å². The van der Waals surface area contributed by atoms with Gasteiger partial charge in [0.15, 0.2) is 4.49 Å². The SMILES string of the molecule is O=[N+]([O-])C(=C(Cl)Cl)/C(Cl)=C(/Cl)Br. The Morgan fingerprint density at radius 3 is 1.75 bits per heavy atom. The van der Waals surface area contributed by atoms with Gasteiger partial charge in [0.05, 0.1) is 4.92 Å². The molecule has 0 radical (unpaired) electrons. The zero-order valence-corrected chi connectivity index (χ0v) is 9.76. The van der Waals surface area contributed by atoms with Crippen LogP contribution >= 0.6 is 62.3 Å². The Kier molecular flexibility index (Phi) is 5.52. The van der Waals surface area contributed by atoms with Crippen molar-refractivity contribution in [3.05, 3.63) is 29.3 Å². The molecule has 0 bridgehead atoms. The molecule has 0 aromatic heterocycles. The molecule has 0 N–H and O–H groups in total. The minimum atomic E-state index is -0.832. The molecule has 0 heterocycles. The van der Waals surface area contributed by atoms with E-state index >= 15 is 0 Å². The summed E-state index contributed by atoms with van der Waals surface area (Å²) in [5.74, 6) is 0. The molecule has 0 saturated heterocycles. The Morgan fingerprint density at radius 1 is 1.25 bits per heavy atom. The van der Waals surface area contributed by atoms with Crippen LogP contribution in [-0.2, 0) is 0 Å². The highest BCUT2D eigenvalue weighted by Crippen LogP contribution is 2.31. The number of halogens is 5. The van der Waals surface area contributed by atoms with Gasteiger partial charge in [-0.05, 0) is 15.9 Å². The van der Waals surface area contributed by atoms with Crippen molar-refractivity contribution < 1.29 is 4.92 Å². The van der Waals surface area contributed by atoms with Crippen molar-refractivity contribution in [2.75, 3.05) is 0 Å². The smallest absolute Gasteiger partial charge is 0.258 e. The van der Waals surface area contributed by atoms with Crippen molar-refractivity contribution >= 4 is 62.3 Å². The van der Waals surface area contributed by atoms with Gasteiger partial charge in [-0.3, -0.25) is 10.1 Å². The van der Waals surface area contributed by atoms with Crippen molar-refractivity contribution in [1.82, 2.24) is 0 Å². The number of hydrogen-bond acceptors (Lipinski definition) is 2. The molecule has 0 fully saturated rings. The first-order valence-electron chi connectivity index (χ1n) is 2.28. The fourth-order valence-electron chi connectivity index (χ4n) is 0.322. The lowest BCUT2D eigenvalue weighted by Crippen LogP contribution is -1.99.